The summed E-state index contributed by atoms with van der Waals surface area (Å²) in [5.41, 5.74) is 17.3. The molecule has 5 aromatic carbocycles. The van der Waals surface area contributed by atoms with Crippen molar-refractivity contribution in [3.05, 3.63) is 156 Å². The lowest BCUT2D eigenvalue weighted by atomic mass is 9.78. The van der Waals surface area contributed by atoms with E-state index in [1.54, 1.807) is 0 Å². The molecule has 9 aromatic rings. The molecule has 0 atom stereocenters. The molecule has 68 heavy (non-hydrogen) atoms. The Bertz CT molecular complexity index is 2840. The van der Waals surface area contributed by atoms with Gasteiger partial charge in [-0.05, 0) is 151 Å². The standard InChI is InChI=1S/C58H58N4.2CH2Cl2/c1-55(2,3)39-25-35-17-13-21-59-51(35)47(29-39)43-33-45(49-31-41(57(7,8)9)27-37-19-15-23-61-53(37)49)46(50-32-42(58(10,11)12)28-38-20-16-24-62-54(38)50)34-44(43)48-30-40(56(4,5)6)26-36-18-14-22-60-52(36)48;2*2-1-3/h13-34H,1-12H3;2*1H2. The Morgan fingerprint density at radius 3 is 0.662 bits per heavy atom. The van der Waals surface area contributed by atoms with Crippen molar-refractivity contribution in [2.45, 2.75) is 105 Å². The Labute approximate surface area is 423 Å². The first-order chi connectivity index (χ1) is 32.1. The maximum atomic E-state index is 5.16. The van der Waals surface area contributed by atoms with Gasteiger partial charge in [0, 0.05) is 68.6 Å². The van der Waals surface area contributed by atoms with Crippen LogP contribution in [0.3, 0.4) is 0 Å². The van der Waals surface area contributed by atoms with Crippen LogP contribution in [0.4, 0.5) is 0 Å². The van der Waals surface area contributed by atoms with Crippen LogP contribution in [-0.4, -0.2) is 30.6 Å². The minimum absolute atomic E-state index is 0.110. The highest BCUT2D eigenvalue weighted by Gasteiger charge is 2.28. The van der Waals surface area contributed by atoms with Gasteiger partial charge in [-0.25, -0.2) is 0 Å². The summed E-state index contributed by atoms with van der Waals surface area (Å²) in [4.78, 5) is 20.6. The van der Waals surface area contributed by atoms with Crippen molar-refractivity contribution in [1.29, 1.82) is 0 Å². The van der Waals surface area contributed by atoms with Crippen LogP contribution in [0.15, 0.2) is 134 Å². The van der Waals surface area contributed by atoms with Crippen LogP contribution >= 0.6 is 46.4 Å². The van der Waals surface area contributed by atoms with Gasteiger partial charge >= 0.3 is 0 Å². The van der Waals surface area contributed by atoms with E-state index in [2.05, 4.69) is 168 Å². The molecule has 0 aliphatic rings. The van der Waals surface area contributed by atoms with Gasteiger partial charge in [0.25, 0.3) is 0 Å². The molecule has 0 unspecified atom stereocenters. The molecule has 4 aromatic heterocycles. The van der Waals surface area contributed by atoms with Crippen molar-refractivity contribution in [3.63, 3.8) is 0 Å². The minimum Gasteiger partial charge on any atom is -0.256 e. The number of halogens is 4. The molecule has 4 heterocycles. The van der Waals surface area contributed by atoms with E-state index in [9.17, 15) is 0 Å². The summed E-state index contributed by atoms with van der Waals surface area (Å²) in [6, 6.07) is 40.7. The lowest BCUT2D eigenvalue weighted by molar-refractivity contribution is 0.591. The molecule has 0 aliphatic heterocycles. The summed E-state index contributed by atoms with van der Waals surface area (Å²) in [6.45, 7) is 27.5. The van der Waals surface area contributed by atoms with Crippen molar-refractivity contribution in [3.8, 4) is 44.5 Å². The van der Waals surface area contributed by atoms with Gasteiger partial charge in [0.1, 0.15) is 0 Å². The largest absolute Gasteiger partial charge is 0.256 e. The summed E-state index contributed by atoms with van der Waals surface area (Å²) in [6.07, 6.45) is 7.70. The number of hydrogen-bond donors (Lipinski definition) is 0. The van der Waals surface area contributed by atoms with Crippen molar-refractivity contribution < 1.29 is 0 Å². The Balaban J connectivity index is 0.00000108. The second-order valence-corrected chi connectivity index (χ2v) is 23.2. The van der Waals surface area contributed by atoms with Crippen LogP contribution < -0.4 is 0 Å². The van der Waals surface area contributed by atoms with E-state index in [0.29, 0.717) is 0 Å². The summed E-state index contributed by atoms with van der Waals surface area (Å²) in [7, 11) is 0. The molecule has 0 radical (unpaired) electrons. The Morgan fingerprint density at radius 1 is 0.294 bits per heavy atom. The molecule has 0 fully saturated rings. The first kappa shape index (κ1) is 50.8. The third-order valence-electron chi connectivity index (χ3n) is 12.6. The molecule has 350 valence electrons. The molecule has 0 amide bonds. The SMILES string of the molecule is CC(C)(C)c1cc(-c2cc(-c3cc(C(C)(C)C)cc4cccnc34)c(-c3cc(C(C)(C)C)cc4cccnc34)cc2-c2cc(C(C)(C)C)cc3cccnc23)c2ncccc2c1.ClCCl.ClCCl. The van der Waals surface area contributed by atoms with Gasteiger partial charge in [0.15, 0.2) is 0 Å². The van der Waals surface area contributed by atoms with Crippen LogP contribution in [0.1, 0.15) is 105 Å². The molecule has 8 heteroatoms. The number of fused-ring (bicyclic) bond motifs is 4. The molecule has 9 rings (SSSR count). The van der Waals surface area contributed by atoms with Crippen LogP contribution in [-0.2, 0) is 21.7 Å². The van der Waals surface area contributed by atoms with E-state index in [-0.39, 0.29) is 32.3 Å². The van der Waals surface area contributed by atoms with Crippen LogP contribution in [0, 0.1) is 0 Å². The third kappa shape index (κ3) is 10.7. The van der Waals surface area contributed by atoms with Crippen LogP contribution in [0.5, 0.6) is 0 Å². The molecule has 0 spiro atoms. The number of aromatic nitrogens is 4. The molecule has 0 bridgehead atoms. The van der Waals surface area contributed by atoms with Crippen molar-refractivity contribution in [1.82, 2.24) is 19.9 Å². The quantitative estimate of drug-likeness (QED) is 0.165. The molecule has 0 N–H and O–H groups in total. The van der Waals surface area contributed by atoms with E-state index < -0.39 is 0 Å². The number of nitrogens with zero attached hydrogens (tertiary/aromatic N) is 4. The smallest absolute Gasteiger partial charge is 0.0967 e. The molecule has 4 nitrogen and oxygen atoms in total. The number of hydrogen-bond acceptors (Lipinski definition) is 4. The predicted molar refractivity (Wildman–Crippen MR) is 297 cm³/mol. The highest BCUT2D eigenvalue weighted by atomic mass is 35.5. The summed E-state index contributed by atoms with van der Waals surface area (Å²) in [5.74, 6) is 0. The van der Waals surface area contributed by atoms with Crippen LogP contribution in [0.2, 0.25) is 0 Å². The topological polar surface area (TPSA) is 51.6 Å². The molecule has 0 saturated carbocycles. The summed E-state index contributed by atoms with van der Waals surface area (Å²) < 4.78 is 0. The fraction of sp³-hybridized carbons (Fsp3) is 0.300. The average molecular weight is 981 g/mol. The summed E-state index contributed by atoms with van der Waals surface area (Å²) in [5, 5.41) is 4.86. The maximum absolute atomic E-state index is 5.16. The monoisotopic (exact) mass is 978 g/mol. The van der Waals surface area contributed by atoms with E-state index >= 15 is 0 Å². The average Bonchev–Trinajstić information content (AvgIpc) is 3.29. The Kier molecular flexibility index (Phi) is 15.0. The number of rotatable bonds is 4. The van der Waals surface area contributed by atoms with Crippen molar-refractivity contribution >= 4 is 90.0 Å². The molecular weight excluding hydrogens is 918 g/mol. The van der Waals surface area contributed by atoms with Gasteiger partial charge in [0.2, 0.25) is 0 Å². The van der Waals surface area contributed by atoms with E-state index in [4.69, 9.17) is 66.3 Å². The number of alkyl halides is 4. The molecule has 0 aliphatic carbocycles. The minimum atomic E-state index is -0.110. The van der Waals surface area contributed by atoms with Gasteiger partial charge in [-0.3, -0.25) is 19.9 Å². The maximum Gasteiger partial charge on any atom is 0.0967 e. The van der Waals surface area contributed by atoms with Gasteiger partial charge in [-0.15, -0.1) is 46.4 Å². The first-order valence-corrected chi connectivity index (χ1v) is 25.2. The zero-order valence-electron chi connectivity index (χ0n) is 41.4. The van der Waals surface area contributed by atoms with Gasteiger partial charge < -0.3 is 0 Å². The fourth-order valence-corrected chi connectivity index (χ4v) is 8.81. The number of pyridine rings is 4. The van der Waals surface area contributed by atoms with Gasteiger partial charge in [-0.2, -0.15) is 0 Å². The van der Waals surface area contributed by atoms with E-state index in [1.807, 2.05) is 49.1 Å². The fourth-order valence-electron chi connectivity index (χ4n) is 8.81. The normalized spacial score (nSPS) is 12.2. The van der Waals surface area contributed by atoms with Gasteiger partial charge in [0.05, 0.1) is 32.7 Å². The summed E-state index contributed by atoms with van der Waals surface area (Å²) >= 11 is 19.1. The molecular formula is C60H62Cl4N4. The van der Waals surface area contributed by atoms with E-state index in [0.717, 1.165) is 88.1 Å². The highest BCUT2D eigenvalue weighted by molar-refractivity contribution is 6.41. The van der Waals surface area contributed by atoms with Gasteiger partial charge in [-0.1, -0.05) is 107 Å². The zero-order valence-corrected chi connectivity index (χ0v) is 44.4. The second-order valence-electron chi connectivity index (χ2n) is 21.5. The van der Waals surface area contributed by atoms with Crippen molar-refractivity contribution in [2.75, 3.05) is 10.7 Å². The second kappa shape index (κ2) is 20.1. The lowest BCUT2D eigenvalue weighted by Crippen LogP contribution is -2.12. The zero-order chi connectivity index (χ0) is 49.3. The third-order valence-corrected chi connectivity index (χ3v) is 12.6. The van der Waals surface area contributed by atoms with Crippen molar-refractivity contribution in [2.24, 2.45) is 0 Å². The highest BCUT2D eigenvalue weighted by Crippen LogP contribution is 2.49. The lowest BCUT2D eigenvalue weighted by Gasteiger charge is -2.26. The first-order valence-electron chi connectivity index (χ1n) is 23.1. The Hall–Kier alpha value is -5.10. The predicted octanol–water partition coefficient (Wildman–Crippen LogP) is 18.6. The van der Waals surface area contributed by atoms with E-state index in [1.165, 1.54) is 22.3 Å². The number of benzene rings is 5. The van der Waals surface area contributed by atoms with Crippen LogP contribution in [0.25, 0.3) is 88.1 Å². The molecule has 0 saturated heterocycles. The Morgan fingerprint density at radius 2 is 0.485 bits per heavy atom.